The van der Waals surface area contributed by atoms with E-state index in [1.807, 2.05) is 64.2 Å². The number of hydrogen-bond acceptors (Lipinski definition) is 4. The lowest BCUT2D eigenvalue weighted by Crippen LogP contribution is -2.41. The molecule has 0 aliphatic rings. The average molecular weight is 401 g/mol. The second kappa shape index (κ2) is 8.63. The largest absolute Gasteiger partial charge is 0.334 e. The van der Waals surface area contributed by atoms with Gasteiger partial charge in [0.1, 0.15) is 6.04 Å². The molecule has 2 heterocycles. The predicted octanol–water partition coefficient (Wildman–Crippen LogP) is 5.06. The van der Waals surface area contributed by atoms with Crippen molar-refractivity contribution >= 4 is 29.5 Å². The minimum absolute atomic E-state index is 0.0449. The van der Waals surface area contributed by atoms with Gasteiger partial charge in [0.2, 0.25) is 5.91 Å². The molecular weight excluding hydrogens is 376 g/mol. The molecule has 7 heteroatoms. The minimum atomic E-state index is -0.439. The molecule has 5 nitrogen and oxygen atoms in total. The number of benzene rings is 1. The standard InChI is InChI=1S/C20H24N4OS2/c1-4-14(2)23(13-16-9-6-5-7-10-16)19(25)15(3)24-18(21-22-20(24)26)17-11-8-12-27-17/h5-12,14-15H,4,13H2,1-3H3,(H,22,26). The van der Waals surface area contributed by atoms with E-state index in [0.717, 1.165) is 16.9 Å². The van der Waals surface area contributed by atoms with Crippen LogP contribution in [-0.2, 0) is 11.3 Å². The summed E-state index contributed by atoms with van der Waals surface area (Å²) in [5, 5.41) is 9.19. The Labute approximate surface area is 168 Å². The van der Waals surface area contributed by atoms with Gasteiger partial charge in [0.05, 0.1) is 4.88 Å². The number of aromatic amines is 1. The van der Waals surface area contributed by atoms with Crippen molar-refractivity contribution in [2.24, 2.45) is 0 Å². The molecule has 2 atom stereocenters. The normalized spacial score (nSPS) is 13.3. The van der Waals surface area contributed by atoms with E-state index >= 15 is 0 Å². The summed E-state index contributed by atoms with van der Waals surface area (Å²) >= 11 is 7.01. The molecule has 0 fully saturated rings. The van der Waals surface area contributed by atoms with Crippen LogP contribution in [0.4, 0.5) is 0 Å². The Morgan fingerprint density at radius 3 is 2.63 bits per heavy atom. The molecule has 1 amide bonds. The van der Waals surface area contributed by atoms with Crippen molar-refractivity contribution < 1.29 is 4.79 Å². The molecule has 0 bridgehead atoms. The molecule has 1 N–H and O–H groups in total. The van der Waals surface area contributed by atoms with Gasteiger partial charge in [0, 0.05) is 12.6 Å². The van der Waals surface area contributed by atoms with E-state index in [1.54, 1.807) is 11.3 Å². The van der Waals surface area contributed by atoms with Gasteiger partial charge in [0.15, 0.2) is 10.6 Å². The first kappa shape index (κ1) is 19.5. The van der Waals surface area contributed by atoms with Crippen LogP contribution in [0.1, 0.15) is 38.8 Å². The molecule has 0 radical (unpaired) electrons. The lowest BCUT2D eigenvalue weighted by molar-refractivity contribution is -0.137. The summed E-state index contributed by atoms with van der Waals surface area (Å²) in [5.41, 5.74) is 1.12. The quantitative estimate of drug-likeness (QED) is 0.564. The maximum atomic E-state index is 13.4. The van der Waals surface area contributed by atoms with Crippen LogP contribution in [0.2, 0.25) is 0 Å². The first-order valence-electron chi connectivity index (χ1n) is 9.08. The Kier molecular flexibility index (Phi) is 6.23. The number of carbonyl (C=O) groups excluding carboxylic acids is 1. The van der Waals surface area contributed by atoms with Crippen molar-refractivity contribution in [1.82, 2.24) is 19.7 Å². The smallest absolute Gasteiger partial charge is 0.246 e. The van der Waals surface area contributed by atoms with E-state index in [2.05, 4.69) is 24.0 Å². The minimum Gasteiger partial charge on any atom is -0.334 e. The van der Waals surface area contributed by atoms with Crippen LogP contribution in [0.15, 0.2) is 47.8 Å². The number of thiophene rings is 1. The number of carbonyl (C=O) groups is 1. The van der Waals surface area contributed by atoms with Crippen molar-refractivity contribution in [2.75, 3.05) is 0 Å². The highest BCUT2D eigenvalue weighted by Crippen LogP contribution is 2.27. The second-order valence-corrected chi connectivity index (χ2v) is 7.92. The van der Waals surface area contributed by atoms with Crippen LogP contribution in [-0.4, -0.2) is 31.6 Å². The van der Waals surface area contributed by atoms with Gasteiger partial charge in [-0.15, -0.1) is 11.3 Å². The van der Waals surface area contributed by atoms with E-state index in [-0.39, 0.29) is 11.9 Å². The van der Waals surface area contributed by atoms with E-state index < -0.39 is 6.04 Å². The van der Waals surface area contributed by atoms with E-state index in [4.69, 9.17) is 12.2 Å². The highest BCUT2D eigenvalue weighted by atomic mass is 32.1. The lowest BCUT2D eigenvalue weighted by Gasteiger charge is -2.31. The summed E-state index contributed by atoms with van der Waals surface area (Å²) in [6.07, 6.45) is 0.889. The number of hydrogen-bond donors (Lipinski definition) is 1. The van der Waals surface area contributed by atoms with E-state index in [9.17, 15) is 4.79 Å². The fourth-order valence-corrected chi connectivity index (χ4v) is 4.05. The molecule has 0 saturated carbocycles. The second-order valence-electron chi connectivity index (χ2n) is 6.58. The summed E-state index contributed by atoms with van der Waals surface area (Å²) in [5.74, 6) is 0.753. The third kappa shape index (κ3) is 4.20. The van der Waals surface area contributed by atoms with Crippen molar-refractivity contribution in [2.45, 2.75) is 45.8 Å². The molecule has 3 aromatic rings. The summed E-state index contributed by atoms with van der Waals surface area (Å²) in [7, 11) is 0. The number of H-pyrrole nitrogens is 1. The highest BCUT2D eigenvalue weighted by molar-refractivity contribution is 7.71. The van der Waals surface area contributed by atoms with Gasteiger partial charge in [0.25, 0.3) is 0 Å². The molecule has 3 rings (SSSR count). The molecule has 2 unspecified atom stereocenters. The van der Waals surface area contributed by atoms with Crippen LogP contribution in [0.25, 0.3) is 10.7 Å². The van der Waals surface area contributed by atoms with Gasteiger partial charge in [-0.2, -0.15) is 5.10 Å². The third-order valence-corrected chi connectivity index (χ3v) is 5.95. The monoisotopic (exact) mass is 400 g/mol. The molecule has 1 aromatic carbocycles. The Hall–Kier alpha value is -2.25. The van der Waals surface area contributed by atoms with Crippen LogP contribution in [0.5, 0.6) is 0 Å². The average Bonchev–Trinajstić information content (AvgIpc) is 3.34. The van der Waals surface area contributed by atoms with E-state index in [0.29, 0.717) is 17.1 Å². The summed E-state index contributed by atoms with van der Waals surface area (Å²) < 4.78 is 2.28. The molecule has 0 spiro atoms. The molecular formula is C20H24N4OS2. The van der Waals surface area contributed by atoms with Crippen molar-refractivity contribution in [3.8, 4) is 10.7 Å². The summed E-state index contributed by atoms with van der Waals surface area (Å²) in [6, 6.07) is 13.7. The number of rotatable bonds is 7. The first-order chi connectivity index (χ1) is 13.0. The Morgan fingerprint density at radius 2 is 2.00 bits per heavy atom. The van der Waals surface area contributed by atoms with Gasteiger partial charge in [-0.3, -0.25) is 14.5 Å². The van der Waals surface area contributed by atoms with Crippen LogP contribution < -0.4 is 0 Å². The molecule has 0 aliphatic carbocycles. The summed E-state index contributed by atoms with van der Waals surface area (Å²) in [4.78, 5) is 16.4. The van der Waals surface area contributed by atoms with Gasteiger partial charge in [-0.25, -0.2) is 0 Å². The lowest BCUT2D eigenvalue weighted by atomic mass is 10.1. The van der Waals surface area contributed by atoms with Gasteiger partial charge in [-0.05, 0) is 49.5 Å². The Bertz CT molecular complexity index is 931. The fourth-order valence-electron chi connectivity index (χ4n) is 3.05. The SMILES string of the molecule is CCC(C)N(Cc1ccccc1)C(=O)C(C)n1c(-c2cccs2)n[nH]c1=S. The summed E-state index contributed by atoms with van der Waals surface area (Å²) in [6.45, 7) is 6.66. The van der Waals surface area contributed by atoms with Gasteiger partial charge < -0.3 is 4.90 Å². The molecule has 2 aromatic heterocycles. The molecule has 27 heavy (non-hydrogen) atoms. The van der Waals surface area contributed by atoms with Crippen LogP contribution in [0, 0.1) is 4.77 Å². The maximum Gasteiger partial charge on any atom is 0.246 e. The zero-order valence-corrected chi connectivity index (χ0v) is 17.4. The topological polar surface area (TPSA) is 53.9 Å². The molecule has 142 valence electrons. The molecule has 0 saturated heterocycles. The highest BCUT2D eigenvalue weighted by Gasteiger charge is 2.28. The number of nitrogens with one attached hydrogen (secondary N) is 1. The van der Waals surface area contributed by atoms with E-state index in [1.165, 1.54) is 0 Å². The Morgan fingerprint density at radius 1 is 1.26 bits per heavy atom. The van der Waals surface area contributed by atoms with Crippen LogP contribution in [0.3, 0.4) is 0 Å². The van der Waals surface area contributed by atoms with Crippen molar-refractivity contribution in [3.05, 3.63) is 58.2 Å². The zero-order valence-electron chi connectivity index (χ0n) is 15.8. The predicted molar refractivity (Wildman–Crippen MR) is 112 cm³/mol. The number of amides is 1. The zero-order chi connectivity index (χ0) is 19.4. The van der Waals surface area contributed by atoms with Crippen molar-refractivity contribution in [1.29, 1.82) is 0 Å². The van der Waals surface area contributed by atoms with Crippen molar-refractivity contribution in [3.63, 3.8) is 0 Å². The maximum absolute atomic E-state index is 13.4. The number of aromatic nitrogens is 3. The first-order valence-corrected chi connectivity index (χ1v) is 10.4. The van der Waals surface area contributed by atoms with Crippen LogP contribution >= 0.6 is 23.6 Å². The van der Waals surface area contributed by atoms with Gasteiger partial charge >= 0.3 is 0 Å². The molecule has 0 aliphatic heterocycles. The van der Waals surface area contributed by atoms with Gasteiger partial charge in [-0.1, -0.05) is 43.3 Å². The number of nitrogens with zero attached hydrogens (tertiary/aromatic N) is 3. The Balaban J connectivity index is 1.92. The fraction of sp³-hybridized carbons (Fsp3) is 0.350. The third-order valence-electron chi connectivity index (χ3n) is 4.79.